The third-order valence-electron chi connectivity index (χ3n) is 3.90. The maximum Gasteiger partial charge on any atom is 0.128 e. The van der Waals surface area contributed by atoms with Crippen molar-refractivity contribution in [2.24, 2.45) is 17.6 Å². The lowest BCUT2D eigenvalue weighted by molar-refractivity contribution is 0.416. The van der Waals surface area contributed by atoms with E-state index in [-0.39, 0.29) is 6.04 Å². The van der Waals surface area contributed by atoms with Crippen molar-refractivity contribution in [3.8, 4) is 0 Å². The lowest BCUT2D eigenvalue weighted by Gasteiger charge is -2.20. The van der Waals surface area contributed by atoms with E-state index in [1.807, 2.05) is 12.1 Å². The zero-order valence-corrected chi connectivity index (χ0v) is 9.89. The van der Waals surface area contributed by atoms with Gasteiger partial charge in [0.1, 0.15) is 5.82 Å². The van der Waals surface area contributed by atoms with Crippen molar-refractivity contribution >= 4 is 5.82 Å². The van der Waals surface area contributed by atoms with Crippen LogP contribution in [0.1, 0.15) is 44.2 Å². The molecule has 4 N–H and O–H groups in total. The quantitative estimate of drug-likeness (QED) is 0.820. The molecule has 0 radical (unpaired) electrons. The van der Waals surface area contributed by atoms with Gasteiger partial charge in [-0.2, -0.15) is 0 Å². The first-order chi connectivity index (χ1) is 7.72. The first-order valence-corrected chi connectivity index (χ1v) is 6.18. The molecule has 88 valence electrons. The number of nitrogens with zero attached hydrogens (tertiary/aromatic N) is 1. The number of hydrogen-bond donors (Lipinski definition) is 2. The Bertz CT molecular complexity index is 351. The van der Waals surface area contributed by atoms with E-state index in [2.05, 4.69) is 11.9 Å². The van der Waals surface area contributed by atoms with E-state index < -0.39 is 0 Å². The molecule has 0 aliphatic heterocycles. The van der Waals surface area contributed by atoms with Crippen LogP contribution in [0.2, 0.25) is 0 Å². The molecule has 2 rings (SSSR count). The van der Waals surface area contributed by atoms with Crippen molar-refractivity contribution in [2.75, 3.05) is 5.73 Å². The summed E-state index contributed by atoms with van der Waals surface area (Å²) in [4.78, 5) is 4.11. The van der Waals surface area contributed by atoms with Gasteiger partial charge in [-0.05, 0) is 30.7 Å². The van der Waals surface area contributed by atoms with Gasteiger partial charge in [0.25, 0.3) is 0 Å². The van der Waals surface area contributed by atoms with Crippen molar-refractivity contribution in [1.29, 1.82) is 0 Å². The van der Waals surface area contributed by atoms with Crippen LogP contribution in [0.25, 0.3) is 0 Å². The zero-order valence-electron chi connectivity index (χ0n) is 9.89. The van der Waals surface area contributed by atoms with Crippen molar-refractivity contribution in [1.82, 2.24) is 4.98 Å². The molecule has 3 nitrogen and oxygen atoms in total. The summed E-state index contributed by atoms with van der Waals surface area (Å²) in [5.74, 6) is 2.03. The molecule has 1 aliphatic carbocycles. The van der Waals surface area contributed by atoms with Gasteiger partial charge < -0.3 is 11.5 Å². The average Bonchev–Trinajstić information content (AvgIpc) is 2.77. The maximum atomic E-state index is 6.30. The Kier molecular flexibility index (Phi) is 3.44. The third kappa shape index (κ3) is 2.19. The molecule has 1 fully saturated rings. The first kappa shape index (κ1) is 11.4. The molecule has 0 spiro atoms. The fourth-order valence-corrected chi connectivity index (χ4v) is 2.78. The highest BCUT2D eigenvalue weighted by Crippen LogP contribution is 2.39. The molecule has 16 heavy (non-hydrogen) atoms. The predicted octanol–water partition coefficient (Wildman–Crippen LogP) is 2.49. The van der Waals surface area contributed by atoms with Gasteiger partial charge in [0.15, 0.2) is 0 Å². The van der Waals surface area contributed by atoms with E-state index in [4.69, 9.17) is 11.5 Å². The molecule has 3 atom stereocenters. The van der Waals surface area contributed by atoms with E-state index in [0.717, 1.165) is 11.5 Å². The van der Waals surface area contributed by atoms with Crippen LogP contribution in [0.3, 0.4) is 0 Å². The minimum Gasteiger partial charge on any atom is -0.383 e. The van der Waals surface area contributed by atoms with Crippen LogP contribution in [0.5, 0.6) is 0 Å². The van der Waals surface area contributed by atoms with Gasteiger partial charge >= 0.3 is 0 Å². The van der Waals surface area contributed by atoms with E-state index in [0.29, 0.717) is 11.7 Å². The van der Waals surface area contributed by atoms with Crippen LogP contribution in [0, 0.1) is 11.8 Å². The van der Waals surface area contributed by atoms with E-state index in [1.54, 1.807) is 6.20 Å². The van der Waals surface area contributed by atoms with Crippen LogP contribution >= 0.6 is 0 Å². The maximum absolute atomic E-state index is 6.30. The molecule has 1 aromatic heterocycles. The van der Waals surface area contributed by atoms with Gasteiger partial charge in [-0.25, -0.2) is 4.98 Å². The number of rotatable bonds is 3. The second-order valence-corrected chi connectivity index (χ2v) is 4.85. The smallest absolute Gasteiger partial charge is 0.128 e. The molecule has 3 heteroatoms. The van der Waals surface area contributed by atoms with Crippen molar-refractivity contribution in [3.63, 3.8) is 0 Å². The second kappa shape index (κ2) is 4.83. The number of aromatic nitrogens is 1. The molecule has 0 amide bonds. The van der Waals surface area contributed by atoms with Crippen molar-refractivity contribution in [2.45, 2.75) is 38.6 Å². The summed E-state index contributed by atoms with van der Waals surface area (Å²) in [6, 6.07) is 3.98. The molecule has 1 saturated carbocycles. The number of nitrogens with two attached hydrogens (primary N) is 2. The summed E-state index contributed by atoms with van der Waals surface area (Å²) in [7, 11) is 0. The average molecular weight is 219 g/mol. The molecule has 1 aliphatic rings. The van der Waals surface area contributed by atoms with E-state index in [1.165, 1.54) is 25.7 Å². The molecule has 3 unspecified atom stereocenters. The largest absolute Gasteiger partial charge is 0.383 e. The number of nitrogen functional groups attached to an aromatic ring is 1. The minimum absolute atomic E-state index is 0.0604. The lowest BCUT2D eigenvalue weighted by atomic mass is 9.91. The molecule has 1 aromatic rings. The highest BCUT2D eigenvalue weighted by atomic mass is 14.8. The van der Waals surface area contributed by atoms with Gasteiger partial charge in [-0.15, -0.1) is 0 Å². The number of anilines is 1. The van der Waals surface area contributed by atoms with Gasteiger partial charge in [0.05, 0.1) is 0 Å². The molecule has 0 bridgehead atoms. The Hall–Kier alpha value is -1.09. The van der Waals surface area contributed by atoms with Crippen LogP contribution in [0.15, 0.2) is 18.3 Å². The normalized spacial score (nSPS) is 26.9. The van der Waals surface area contributed by atoms with Gasteiger partial charge in [0.2, 0.25) is 0 Å². The Balaban J connectivity index is 2.08. The molecule has 1 heterocycles. The topological polar surface area (TPSA) is 64.9 Å². The van der Waals surface area contributed by atoms with E-state index >= 15 is 0 Å². The summed E-state index contributed by atoms with van der Waals surface area (Å²) in [6.07, 6.45) is 6.77. The van der Waals surface area contributed by atoms with Crippen molar-refractivity contribution in [3.05, 3.63) is 23.9 Å². The van der Waals surface area contributed by atoms with Crippen LogP contribution in [0.4, 0.5) is 5.82 Å². The fourth-order valence-electron chi connectivity index (χ4n) is 2.78. The molecular weight excluding hydrogens is 198 g/mol. The molecular formula is C13H21N3. The number of hydrogen-bond acceptors (Lipinski definition) is 3. The predicted molar refractivity (Wildman–Crippen MR) is 66.7 cm³/mol. The number of pyridine rings is 1. The Morgan fingerprint density at radius 3 is 2.94 bits per heavy atom. The summed E-state index contributed by atoms with van der Waals surface area (Å²) in [5.41, 5.74) is 13.2. The standard InChI is InChI=1S/C13H21N3/c1-2-9-5-6-10(8-9)12(14)11-4-3-7-16-13(11)15/h3-4,7,9-10,12H,2,5-6,8,14H2,1H3,(H2,15,16). The molecule has 0 aromatic carbocycles. The SMILES string of the molecule is CCC1CCC(C(N)c2cccnc2N)C1. The fraction of sp³-hybridized carbons (Fsp3) is 0.615. The van der Waals surface area contributed by atoms with Crippen LogP contribution in [-0.2, 0) is 0 Å². The van der Waals surface area contributed by atoms with Gasteiger partial charge in [0, 0.05) is 17.8 Å². The van der Waals surface area contributed by atoms with Crippen LogP contribution < -0.4 is 11.5 Å². The Morgan fingerprint density at radius 1 is 1.50 bits per heavy atom. The van der Waals surface area contributed by atoms with Gasteiger partial charge in [-0.1, -0.05) is 25.8 Å². The monoisotopic (exact) mass is 219 g/mol. The van der Waals surface area contributed by atoms with Crippen molar-refractivity contribution < 1.29 is 0 Å². The highest BCUT2D eigenvalue weighted by molar-refractivity contribution is 5.41. The first-order valence-electron chi connectivity index (χ1n) is 6.18. The molecule has 0 saturated heterocycles. The second-order valence-electron chi connectivity index (χ2n) is 4.85. The third-order valence-corrected chi connectivity index (χ3v) is 3.90. The van der Waals surface area contributed by atoms with Crippen LogP contribution in [-0.4, -0.2) is 4.98 Å². The summed E-state index contributed by atoms with van der Waals surface area (Å²) in [6.45, 7) is 2.26. The summed E-state index contributed by atoms with van der Waals surface area (Å²) in [5, 5.41) is 0. The lowest BCUT2D eigenvalue weighted by Crippen LogP contribution is -2.21. The Morgan fingerprint density at radius 2 is 2.31 bits per heavy atom. The Labute approximate surface area is 97.2 Å². The highest BCUT2D eigenvalue weighted by Gasteiger charge is 2.29. The van der Waals surface area contributed by atoms with Gasteiger partial charge in [-0.3, -0.25) is 0 Å². The summed E-state index contributed by atoms with van der Waals surface area (Å²) >= 11 is 0. The van der Waals surface area contributed by atoms with E-state index in [9.17, 15) is 0 Å². The zero-order chi connectivity index (χ0) is 11.5. The minimum atomic E-state index is 0.0604. The summed E-state index contributed by atoms with van der Waals surface area (Å²) < 4.78 is 0.